The summed E-state index contributed by atoms with van der Waals surface area (Å²) < 4.78 is 1.17. The van der Waals surface area contributed by atoms with Gasteiger partial charge in [-0.25, -0.2) is 0 Å². The van der Waals surface area contributed by atoms with Crippen LogP contribution >= 0.6 is 51.2 Å². The molecule has 0 saturated carbocycles. The van der Waals surface area contributed by atoms with Crippen LogP contribution in [0, 0.1) is 0 Å². The Morgan fingerprint density at radius 1 is 1.25 bits per heavy atom. The zero-order chi connectivity index (χ0) is 13.9. The second kappa shape index (κ2) is 6.47. The average molecular weight is 385 g/mol. The van der Waals surface area contributed by atoms with Crippen LogP contribution in [0.5, 0.6) is 0 Å². The van der Waals surface area contributed by atoms with Gasteiger partial charge in [0, 0.05) is 22.9 Å². The summed E-state index contributed by atoms with van der Waals surface area (Å²) in [6.07, 6.45) is 0. The van der Waals surface area contributed by atoms with Crippen molar-refractivity contribution in [2.75, 3.05) is 17.6 Å². The van der Waals surface area contributed by atoms with Gasteiger partial charge in [-0.1, -0.05) is 18.2 Å². The SMILES string of the molecule is S=C(Nc1ccccc1)N1CCS[C@H]1c1ccc(Br)s1. The second-order valence-electron chi connectivity index (χ2n) is 4.35. The Morgan fingerprint density at radius 2 is 2.05 bits per heavy atom. The summed E-state index contributed by atoms with van der Waals surface area (Å²) in [7, 11) is 0. The molecule has 0 radical (unpaired) electrons. The molecule has 20 heavy (non-hydrogen) atoms. The molecule has 0 bridgehead atoms. The maximum atomic E-state index is 5.57. The zero-order valence-corrected chi connectivity index (χ0v) is 14.6. The third kappa shape index (κ3) is 3.19. The van der Waals surface area contributed by atoms with Crippen LogP contribution in [0.4, 0.5) is 5.69 Å². The molecule has 2 aromatic rings. The Bertz CT molecular complexity index is 599. The molecule has 2 nitrogen and oxygen atoms in total. The smallest absolute Gasteiger partial charge is 0.174 e. The average Bonchev–Trinajstić information content (AvgIpc) is 3.08. The highest BCUT2D eigenvalue weighted by Crippen LogP contribution is 2.42. The molecule has 1 aliphatic rings. The van der Waals surface area contributed by atoms with Gasteiger partial charge in [0.05, 0.1) is 3.79 Å². The molecule has 1 fully saturated rings. The van der Waals surface area contributed by atoms with E-state index >= 15 is 0 Å². The number of thioether (sulfide) groups is 1. The lowest BCUT2D eigenvalue weighted by molar-refractivity contribution is 0.462. The molecule has 0 unspecified atom stereocenters. The third-order valence-corrected chi connectivity index (χ3v) is 6.42. The highest BCUT2D eigenvalue weighted by molar-refractivity contribution is 9.11. The molecule has 0 aliphatic carbocycles. The van der Waals surface area contributed by atoms with Gasteiger partial charge in [0.15, 0.2) is 5.11 Å². The van der Waals surface area contributed by atoms with Gasteiger partial charge in [0.25, 0.3) is 0 Å². The number of thiocarbonyl (C=S) groups is 1. The minimum absolute atomic E-state index is 0.329. The second-order valence-corrected chi connectivity index (χ2v) is 8.42. The summed E-state index contributed by atoms with van der Waals surface area (Å²) in [5, 5.41) is 4.46. The molecule has 1 atom stereocenters. The molecule has 0 spiro atoms. The topological polar surface area (TPSA) is 15.3 Å². The van der Waals surface area contributed by atoms with Crippen molar-refractivity contribution in [3.8, 4) is 0 Å². The van der Waals surface area contributed by atoms with Gasteiger partial charge >= 0.3 is 0 Å². The van der Waals surface area contributed by atoms with Gasteiger partial charge in [0.2, 0.25) is 0 Å². The van der Waals surface area contributed by atoms with E-state index in [-0.39, 0.29) is 0 Å². The number of nitrogens with one attached hydrogen (secondary N) is 1. The van der Waals surface area contributed by atoms with E-state index in [1.54, 1.807) is 11.3 Å². The molecule has 2 heterocycles. The van der Waals surface area contributed by atoms with E-state index in [0.717, 1.165) is 23.1 Å². The fraction of sp³-hybridized carbons (Fsp3) is 0.214. The van der Waals surface area contributed by atoms with Crippen molar-refractivity contribution in [3.05, 3.63) is 51.1 Å². The van der Waals surface area contributed by atoms with Crippen LogP contribution in [0.15, 0.2) is 46.3 Å². The number of thiophene rings is 1. The van der Waals surface area contributed by atoms with Crippen LogP contribution in [0.3, 0.4) is 0 Å². The van der Waals surface area contributed by atoms with Crippen molar-refractivity contribution in [1.29, 1.82) is 0 Å². The molecular weight excluding hydrogens is 372 g/mol. The lowest BCUT2D eigenvalue weighted by atomic mass is 10.3. The largest absolute Gasteiger partial charge is 0.333 e. The predicted molar refractivity (Wildman–Crippen MR) is 96.6 cm³/mol. The molecule has 0 amide bonds. The summed E-state index contributed by atoms with van der Waals surface area (Å²) in [6, 6.07) is 14.4. The monoisotopic (exact) mass is 384 g/mol. The fourth-order valence-corrected chi connectivity index (χ4v) is 5.40. The van der Waals surface area contributed by atoms with Crippen LogP contribution in [0.1, 0.15) is 10.3 Å². The first-order valence-electron chi connectivity index (χ1n) is 6.23. The summed E-state index contributed by atoms with van der Waals surface area (Å²) in [4.78, 5) is 3.61. The number of benzene rings is 1. The van der Waals surface area contributed by atoms with Crippen LogP contribution in [-0.2, 0) is 0 Å². The van der Waals surface area contributed by atoms with Crippen molar-refractivity contribution in [2.45, 2.75) is 5.37 Å². The highest BCUT2D eigenvalue weighted by Gasteiger charge is 2.29. The van der Waals surface area contributed by atoms with Crippen LogP contribution < -0.4 is 5.32 Å². The Kier molecular flexibility index (Phi) is 4.65. The first kappa shape index (κ1) is 14.4. The normalized spacial score (nSPS) is 18.2. The molecule has 1 saturated heterocycles. The van der Waals surface area contributed by atoms with Crippen molar-refractivity contribution in [1.82, 2.24) is 4.90 Å². The number of anilines is 1. The predicted octanol–water partition coefficient (Wildman–Crippen LogP) is 4.96. The first-order chi connectivity index (χ1) is 9.74. The molecule has 3 rings (SSSR count). The molecule has 1 aromatic heterocycles. The summed E-state index contributed by atoms with van der Waals surface area (Å²) in [5.74, 6) is 1.11. The van der Waals surface area contributed by atoms with E-state index in [2.05, 4.69) is 38.3 Å². The van der Waals surface area contributed by atoms with Crippen molar-refractivity contribution < 1.29 is 0 Å². The first-order valence-corrected chi connectivity index (χ1v) is 9.30. The van der Waals surface area contributed by atoms with Gasteiger partial charge < -0.3 is 10.2 Å². The van der Waals surface area contributed by atoms with E-state index in [0.29, 0.717) is 5.37 Å². The van der Waals surface area contributed by atoms with Crippen LogP contribution in [-0.4, -0.2) is 22.3 Å². The Morgan fingerprint density at radius 3 is 2.75 bits per heavy atom. The molecule has 1 aromatic carbocycles. The van der Waals surface area contributed by atoms with Crippen LogP contribution in [0.25, 0.3) is 0 Å². The van der Waals surface area contributed by atoms with E-state index in [1.165, 1.54) is 8.66 Å². The number of nitrogens with zero attached hydrogens (tertiary/aromatic N) is 1. The van der Waals surface area contributed by atoms with Gasteiger partial charge in [-0.05, 0) is 52.4 Å². The number of halogens is 1. The zero-order valence-electron chi connectivity index (χ0n) is 10.6. The van der Waals surface area contributed by atoms with E-state index in [4.69, 9.17) is 12.2 Å². The minimum Gasteiger partial charge on any atom is -0.333 e. The van der Waals surface area contributed by atoms with Crippen molar-refractivity contribution in [3.63, 3.8) is 0 Å². The lowest BCUT2D eigenvalue weighted by Gasteiger charge is -2.26. The highest BCUT2D eigenvalue weighted by atomic mass is 79.9. The summed E-state index contributed by atoms with van der Waals surface area (Å²) >= 11 is 12.8. The maximum Gasteiger partial charge on any atom is 0.174 e. The van der Waals surface area contributed by atoms with Gasteiger partial charge in [0.1, 0.15) is 5.37 Å². The molecule has 1 N–H and O–H groups in total. The van der Waals surface area contributed by atoms with E-state index < -0.39 is 0 Å². The van der Waals surface area contributed by atoms with E-state index in [9.17, 15) is 0 Å². The number of para-hydroxylation sites is 1. The third-order valence-electron chi connectivity index (χ3n) is 3.01. The standard InChI is InChI=1S/C14H13BrN2S3/c15-12-7-6-11(20-12)13-17(8-9-19-13)14(18)16-10-4-2-1-3-5-10/h1-7,13H,8-9H2,(H,16,18)/t13-/m0/s1. The summed E-state index contributed by atoms with van der Waals surface area (Å²) in [6.45, 7) is 0.990. The minimum atomic E-state index is 0.329. The Hall–Kier alpha value is -0.560. The summed E-state index contributed by atoms with van der Waals surface area (Å²) in [5.41, 5.74) is 1.04. The maximum absolute atomic E-state index is 5.57. The van der Waals surface area contributed by atoms with Crippen LogP contribution in [0.2, 0.25) is 0 Å². The van der Waals surface area contributed by atoms with Gasteiger partial charge in [-0.15, -0.1) is 23.1 Å². The molecule has 6 heteroatoms. The lowest BCUT2D eigenvalue weighted by Crippen LogP contribution is -2.33. The fourth-order valence-electron chi connectivity index (χ4n) is 2.09. The Labute approximate surface area is 140 Å². The van der Waals surface area contributed by atoms with E-state index in [1.807, 2.05) is 42.1 Å². The Balaban J connectivity index is 1.73. The number of rotatable bonds is 2. The quantitative estimate of drug-likeness (QED) is 0.735. The molecule has 104 valence electrons. The van der Waals surface area contributed by atoms with Gasteiger partial charge in [-0.3, -0.25) is 0 Å². The molecular formula is C14H13BrN2S3. The van der Waals surface area contributed by atoms with Crippen molar-refractivity contribution in [2.24, 2.45) is 0 Å². The molecule has 1 aliphatic heterocycles. The van der Waals surface area contributed by atoms with Gasteiger partial charge in [-0.2, -0.15) is 0 Å². The number of hydrogen-bond acceptors (Lipinski definition) is 3. The van der Waals surface area contributed by atoms with Crippen molar-refractivity contribution >= 4 is 62.0 Å². The number of hydrogen-bond donors (Lipinski definition) is 1.